The van der Waals surface area contributed by atoms with Crippen LogP contribution in [0.2, 0.25) is 0 Å². The second-order valence-electron chi connectivity index (χ2n) is 6.88. The highest BCUT2D eigenvalue weighted by molar-refractivity contribution is 7.99. The number of carbonyl (C=O) groups is 1. The molecule has 7 nitrogen and oxygen atoms in total. The van der Waals surface area contributed by atoms with Crippen LogP contribution in [0, 0.1) is 0 Å². The van der Waals surface area contributed by atoms with Crippen LogP contribution in [0.3, 0.4) is 0 Å². The number of nitrogens with zero attached hydrogens (tertiary/aromatic N) is 3. The van der Waals surface area contributed by atoms with E-state index in [2.05, 4.69) is 15.3 Å². The fourth-order valence-electron chi connectivity index (χ4n) is 3.47. The summed E-state index contributed by atoms with van der Waals surface area (Å²) in [5.74, 6) is 0.801. The van der Waals surface area contributed by atoms with Crippen LogP contribution in [0.15, 0.2) is 57.0 Å². The van der Waals surface area contributed by atoms with Crippen molar-refractivity contribution in [3.8, 4) is 0 Å². The molecule has 0 spiro atoms. The summed E-state index contributed by atoms with van der Waals surface area (Å²) < 4.78 is 6.95. The number of rotatable bonds is 7. The average Bonchev–Trinajstić information content (AvgIpc) is 3.27. The molecule has 0 bridgehead atoms. The maximum Gasteiger partial charge on any atom is 0.349 e. The van der Waals surface area contributed by atoms with Crippen LogP contribution in [0.5, 0.6) is 0 Å². The zero-order valence-electron chi connectivity index (χ0n) is 16.0. The lowest BCUT2D eigenvalue weighted by atomic mass is 9.97. The van der Waals surface area contributed by atoms with Crippen LogP contribution >= 0.6 is 11.8 Å². The number of hydrogen-bond acceptors (Lipinski definition) is 6. The number of pyridine rings is 1. The Morgan fingerprint density at radius 2 is 2.10 bits per heavy atom. The van der Waals surface area contributed by atoms with Gasteiger partial charge in [-0.15, -0.1) is 0 Å². The largest absolute Gasteiger partial charge is 0.467 e. The summed E-state index contributed by atoms with van der Waals surface area (Å²) in [6, 6.07) is 9.28. The van der Waals surface area contributed by atoms with E-state index >= 15 is 0 Å². The summed E-state index contributed by atoms with van der Waals surface area (Å²) in [7, 11) is 0. The Kier molecular flexibility index (Phi) is 6.09. The number of nitrogens with one attached hydrogen (secondary N) is 1. The highest BCUT2D eigenvalue weighted by atomic mass is 32.2. The van der Waals surface area contributed by atoms with Gasteiger partial charge in [-0.3, -0.25) is 14.3 Å². The van der Waals surface area contributed by atoms with Crippen molar-refractivity contribution >= 4 is 17.7 Å². The molecule has 1 aliphatic carbocycles. The predicted molar refractivity (Wildman–Crippen MR) is 110 cm³/mol. The van der Waals surface area contributed by atoms with Crippen molar-refractivity contribution in [3.63, 3.8) is 0 Å². The molecule has 0 aliphatic heterocycles. The van der Waals surface area contributed by atoms with Crippen molar-refractivity contribution in [1.82, 2.24) is 19.9 Å². The Balaban J connectivity index is 1.49. The summed E-state index contributed by atoms with van der Waals surface area (Å²) in [6.45, 7) is 0.771. The van der Waals surface area contributed by atoms with Gasteiger partial charge in [0.05, 0.1) is 30.8 Å². The maximum atomic E-state index is 12.7. The van der Waals surface area contributed by atoms with Gasteiger partial charge in [0, 0.05) is 17.5 Å². The molecule has 0 aromatic carbocycles. The van der Waals surface area contributed by atoms with Gasteiger partial charge < -0.3 is 9.73 Å². The fourth-order valence-corrected chi connectivity index (χ4v) is 4.37. The molecule has 3 heterocycles. The Hall–Kier alpha value is -2.87. The topological polar surface area (TPSA) is 90.0 Å². The van der Waals surface area contributed by atoms with Gasteiger partial charge in [0.1, 0.15) is 10.8 Å². The third-order valence-electron chi connectivity index (χ3n) is 4.88. The normalized spacial score (nSPS) is 13.1. The third kappa shape index (κ3) is 4.76. The summed E-state index contributed by atoms with van der Waals surface area (Å²) in [4.78, 5) is 33.6. The number of fused-ring (bicyclic) bond motifs is 1. The smallest absolute Gasteiger partial charge is 0.349 e. The summed E-state index contributed by atoms with van der Waals surface area (Å²) in [5.41, 5.74) is 2.67. The minimum Gasteiger partial charge on any atom is -0.467 e. The average molecular weight is 410 g/mol. The molecule has 0 fully saturated rings. The minimum atomic E-state index is -0.283. The first-order valence-electron chi connectivity index (χ1n) is 9.65. The number of furan rings is 1. The summed E-state index contributed by atoms with van der Waals surface area (Å²) >= 11 is 1.33. The lowest BCUT2D eigenvalue weighted by Crippen LogP contribution is -2.31. The van der Waals surface area contributed by atoms with Crippen LogP contribution in [0.4, 0.5) is 0 Å². The third-order valence-corrected chi connectivity index (χ3v) is 5.89. The van der Waals surface area contributed by atoms with Crippen molar-refractivity contribution in [1.29, 1.82) is 0 Å². The molecule has 1 N–H and O–H groups in total. The number of amides is 1. The number of thioether (sulfide) groups is 1. The van der Waals surface area contributed by atoms with Gasteiger partial charge >= 0.3 is 5.69 Å². The summed E-state index contributed by atoms with van der Waals surface area (Å²) in [6.07, 6.45) is 7.14. The Morgan fingerprint density at radius 3 is 2.90 bits per heavy atom. The molecule has 150 valence electrons. The molecule has 0 radical (unpaired) electrons. The van der Waals surface area contributed by atoms with Gasteiger partial charge in [0.15, 0.2) is 0 Å². The number of carbonyl (C=O) groups excluding carboxylic acids is 1. The highest BCUT2D eigenvalue weighted by Gasteiger charge is 2.21. The fraction of sp³-hybridized carbons (Fsp3) is 0.333. The van der Waals surface area contributed by atoms with E-state index < -0.39 is 0 Å². The van der Waals surface area contributed by atoms with Gasteiger partial charge in [-0.25, -0.2) is 4.79 Å². The number of hydrogen-bond donors (Lipinski definition) is 1. The highest BCUT2D eigenvalue weighted by Crippen LogP contribution is 2.28. The quantitative estimate of drug-likeness (QED) is 0.476. The van der Waals surface area contributed by atoms with Crippen LogP contribution in [-0.2, 0) is 30.7 Å². The lowest BCUT2D eigenvalue weighted by molar-refractivity contribution is -0.118. The van der Waals surface area contributed by atoms with Crippen LogP contribution in [0.25, 0.3) is 0 Å². The lowest BCUT2D eigenvalue weighted by Gasteiger charge is -2.22. The van der Waals surface area contributed by atoms with Crippen molar-refractivity contribution in [2.45, 2.75) is 43.8 Å². The molecule has 0 atom stereocenters. The molecular weight excluding hydrogens is 388 g/mol. The van der Waals surface area contributed by atoms with Crippen molar-refractivity contribution in [2.75, 3.05) is 5.75 Å². The second-order valence-corrected chi connectivity index (χ2v) is 7.85. The zero-order valence-corrected chi connectivity index (χ0v) is 16.8. The first-order valence-corrected chi connectivity index (χ1v) is 10.6. The maximum absolute atomic E-state index is 12.7. The van der Waals surface area contributed by atoms with Gasteiger partial charge in [0.2, 0.25) is 5.91 Å². The van der Waals surface area contributed by atoms with Gasteiger partial charge in [-0.1, -0.05) is 17.8 Å². The Bertz CT molecular complexity index is 1030. The molecule has 4 rings (SSSR count). The van der Waals surface area contributed by atoms with E-state index in [-0.39, 0.29) is 17.3 Å². The predicted octanol–water partition coefficient (Wildman–Crippen LogP) is 2.57. The van der Waals surface area contributed by atoms with Crippen molar-refractivity contribution in [3.05, 3.63) is 76.0 Å². The molecule has 1 amide bonds. The van der Waals surface area contributed by atoms with Crippen LogP contribution < -0.4 is 11.0 Å². The Labute approximate surface area is 172 Å². The van der Waals surface area contributed by atoms with E-state index in [1.54, 1.807) is 23.1 Å². The second kappa shape index (κ2) is 9.09. The first-order chi connectivity index (χ1) is 14.2. The standard InChI is InChI=1S/C21H22N4O3S/c26-19(23-12-16-7-5-11-28-16)14-29-20-17-8-1-2-9-18(17)25(21(27)24-20)13-15-6-3-4-10-22-15/h3-7,10-11H,1-2,8-9,12-14H2,(H,23,26). The molecule has 0 saturated carbocycles. The molecular formula is C21H22N4O3S. The van der Waals surface area contributed by atoms with Gasteiger partial charge in [0.25, 0.3) is 0 Å². The number of aromatic nitrogens is 3. The van der Waals surface area contributed by atoms with Gasteiger partial charge in [-0.2, -0.15) is 4.98 Å². The van der Waals surface area contributed by atoms with Crippen LogP contribution in [0.1, 0.15) is 35.6 Å². The van der Waals surface area contributed by atoms with E-state index in [9.17, 15) is 9.59 Å². The van der Waals surface area contributed by atoms with E-state index in [1.165, 1.54) is 11.8 Å². The minimum absolute atomic E-state index is 0.115. The van der Waals surface area contributed by atoms with Crippen molar-refractivity contribution in [2.24, 2.45) is 0 Å². The molecule has 3 aromatic heterocycles. The van der Waals surface area contributed by atoms with E-state index in [0.29, 0.717) is 23.9 Å². The monoisotopic (exact) mass is 410 g/mol. The SMILES string of the molecule is O=C(CSc1nc(=O)n(Cc2ccccn2)c2c1CCCC2)NCc1ccco1. The van der Waals surface area contributed by atoms with E-state index in [4.69, 9.17) is 4.42 Å². The van der Waals surface area contributed by atoms with E-state index in [1.807, 2.05) is 24.3 Å². The van der Waals surface area contributed by atoms with Gasteiger partial charge in [-0.05, 0) is 49.9 Å². The first kappa shape index (κ1) is 19.4. The van der Waals surface area contributed by atoms with Crippen LogP contribution in [-0.4, -0.2) is 26.2 Å². The molecule has 0 saturated heterocycles. The van der Waals surface area contributed by atoms with E-state index in [0.717, 1.165) is 42.6 Å². The zero-order chi connectivity index (χ0) is 20.1. The molecule has 3 aromatic rings. The summed E-state index contributed by atoms with van der Waals surface area (Å²) in [5, 5.41) is 3.50. The Morgan fingerprint density at radius 1 is 1.21 bits per heavy atom. The molecule has 29 heavy (non-hydrogen) atoms. The molecule has 1 aliphatic rings. The molecule has 8 heteroatoms. The molecule has 0 unspecified atom stereocenters. The van der Waals surface area contributed by atoms with Crippen molar-refractivity contribution < 1.29 is 9.21 Å².